The molecule has 0 aliphatic carbocycles. The summed E-state index contributed by atoms with van der Waals surface area (Å²) < 4.78 is 9.45. The van der Waals surface area contributed by atoms with Gasteiger partial charge in [0, 0.05) is 161 Å². The normalized spacial score (nSPS) is 24.7. The van der Waals surface area contributed by atoms with Gasteiger partial charge in [0.2, 0.25) is 53.2 Å². The first kappa shape index (κ1) is 53.9. The summed E-state index contributed by atoms with van der Waals surface area (Å²) in [4.78, 5) is 160. The number of ether oxygens (including phenoxy) is 2. The second-order valence-corrected chi connectivity index (χ2v) is 21.3. The van der Waals surface area contributed by atoms with Crippen LogP contribution in [0.15, 0.2) is 0 Å². The van der Waals surface area contributed by atoms with E-state index in [1.807, 2.05) is 0 Å². The van der Waals surface area contributed by atoms with Gasteiger partial charge in [0.15, 0.2) is 0 Å². The zero-order valence-electron chi connectivity index (χ0n) is 39.9. The molecular weight excluding hydrogens is 955 g/mol. The molecule has 386 valence electrons. The number of ketones is 1. The molecule has 6 saturated heterocycles. The van der Waals surface area contributed by atoms with E-state index in [0.717, 1.165) is 0 Å². The van der Waals surface area contributed by atoms with E-state index >= 15 is 0 Å². The first-order valence-electron chi connectivity index (χ1n) is 24.0. The van der Waals surface area contributed by atoms with E-state index in [0.29, 0.717) is 37.6 Å². The number of nitrogens with zero attached hydrogens (tertiary/aromatic N) is 6. The number of hydrogen-bond acceptors (Lipinski definition) is 16. The highest BCUT2D eigenvalue weighted by Gasteiger charge is 2.40. The highest BCUT2D eigenvalue weighted by atomic mass is 33.1. The maximum Gasteiger partial charge on any atom is 0.310 e. The van der Waals surface area contributed by atoms with Gasteiger partial charge in [0.1, 0.15) is 5.78 Å². The van der Waals surface area contributed by atoms with Gasteiger partial charge >= 0.3 is 11.9 Å². The monoisotopic (exact) mass is 1020 g/mol. The Hall–Kier alpha value is -5.46. The van der Waals surface area contributed by atoms with Crippen molar-refractivity contribution in [2.45, 2.75) is 51.4 Å². The van der Waals surface area contributed by atoms with Crippen LogP contribution in [-0.2, 0) is 67.0 Å². The van der Waals surface area contributed by atoms with Gasteiger partial charge in [0.25, 0.3) is 0 Å². The van der Waals surface area contributed by atoms with Gasteiger partial charge in [-0.25, -0.2) is 0 Å². The number of rotatable bonds is 26. The molecule has 3 N–H and O–H groups in total. The lowest BCUT2D eigenvalue weighted by Crippen LogP contribution is -2.40. The third kappa shape index (κ3) is 14.6. The summed E-state index contributed by atoms with van der Waals surface area (Å²) >= 11 is 0. The third-order valence-electron chi connectivity index (χ3n) is 13.8. The zero-order valence-corrected chi connectivity index (χ0v) is 41.5. The predicted octanol–water partition coefficient (Wildman–Crippen LogP) is -2.50. The summed E-state index contributed by atoms with van der Waals surface area (Å²) in [6, 6.07) is 0. The van der Waals surface area contributed by atoms with Crippen LogP contribution >= 0.6 is 21.6 Å². The fraction of sp³-hybridized carbons (Fsp3) is 0.733. The second kappa shape index (κ2) is 25.6. The molecule has 6 aliphatic heterocycles. The van der Waals surface area contributed by atoms with Gasteiger partial charge in [-0.15, -0.1) is 0 Å². The second-order valence-electron chi connectivity index (χ2n) is 18.6. The van der Waals surface area contributed by atoms with Crippen molar-refractivity contribution in [3.63, 3.8) is 0 Å². The van der Waals surface area contributed by atoms with E-state index in [2.05, 4.69) is 16.0 Å². The number of nitrogens with one attached hydrogen (secondary N) is 3. The van der Waals surface area contributed by atoms with Crippen molar-refractivity contribution in [1.29, 1.82) is 0 Å². The van der Waals surface area contributed by atoms with E-state index in [1.165, 1.54) is 24.0 Å². The number of esters is 2. The van der Waals surface area contributed by atoms with E-state index in [1.54, 1.807) is 41.2 Å². The van der Waals surface area contributed by atoms with Crippen molar-refractivity contribution in [1.82, 2.24) is 45.3 Å². The Morgan fingerprint density at radius 1 is 0.429 bits per heavy atom. The molecule has 6 rings (SSSR count). The SMILES string of the molecule is COC(=O)C1CC(=O)N(CCCC(=O)C2CC(=O)N(CCNC(=O)C3CC(=O)N(CCSSCCN4CC(C(=O)NCCN5CC(C(=O)NCCN6CC(C(=O)OC)CC6=O)CC5=O)CC4=O)C3)C2)C1. The van der Waals surface area contributed by atoms with E-state index < -0.39 is 47.4 Å². The smallest absolute Gasteiger partial charge is 0.310 e. The van der Waals surface area contributed by atoms with Crippen molar-refractivity contribution in [2.24, 2.45) is 35.5 Å². The number of Topliss-reactive ketones (excluding diaryl/α,β-unsaturated/α-hetero) is 1. The maximum absolute atomic E-state index is 12.9. The number of likely N-dealkylation sites (tertiary alicyclic amines) is 6. The van der Waals surface area contributed by atoms with Crippen LogP contribution in [0.1, 0.15) is 51.4 Å². The number of hydrogen-bond donors (Lipinski definition) is 3. The zero-order chi connectivity index (χ0) is 50.5. The summed E-state index contributed by atoms with van der Waals surface area (Å²) in [5.41, 5.74) is 0. The molecule has 70 heavy (non-hydrogen) atoms. The van der Waals surface area contributed by atoms with Crippen LogP contribution < -0.4 is 16.0 Å². The van der Waals surface area contributed by atoms with Crippen molar-refractivity contribution in [2.75, 3.05) is 124 Å². The van der Waals surface area contributed by atoms with Crippen molar-refractivity contribution < 1.29 is 67.0 Å². The molecule has 0 radical (unpaired) electrons. The summed E-state index contributed by atoms with van der Waals surface area (Å²) in [5.74, 6) is -4.60. The van der Waals surface area contributed by atoms with Gasteiger partial charge in [-0.2, -0.15) is 0 Å². The highest BCUT2D eigenvalue weighted by molar-refractivity contribution is 8.76. The Balaban J connectivity index is 0.767. The molecule has 0 aromatic carbocycles. The molecule has 0 bridgehead atoms. The van der Waals surface area contributed by atoms with Crippen LogP contribution in [0.3, 0.4) is 0 Å². The Morgan fingerprint density at radius 3 is 1.07 bits per heavy atom. The van der Waals surface area contributed by atoms with Crippen molar-refractivity contribution >= 4 is 92.5 Å². The standard InChI is InChI=1S/C45H65N9O14S2/c1-67-44(65)32-20-39(60)49(26-32)8-3-4-34(55)28-16-35(56)50(22-28)9-5-46-42(63)30-18-37(58)53(24-30)12-14-69-70-15-13-54-25-31(19-38(54)59)43(64)47-6-10-51-23-29(17-36(51)57)41(62)48-7-11-52-27-33(21-40(52)61)45(66)68-2/h28-33H,3-27H2,1-2H3,(H,46,63)(H,47,64)(H,48,62). The lowest BCUT2D eigenvalue weighted by Gasteiger charge is -2.19. The van der Waals surface area contributed by atoms with Gasteiger partial charge < -0.3 is 54.8 Å². The average Bonchev–Trinajstić information content (AvgIpc) is 4.21. The van der Waals surface area contributed by atoms with E-state index in [-0.39, 0.29) is 182 Å². The summed E-state index contributed by atoms with van der Waals surface area (Å²) in [5, 5.41) is 8.43. The quantitative estimate of drug-likeness (QED) is 0.0459. The largest absolute Gasteiger partial charge is 0.469 e. The van der Waals surface area contributed by atoms with Crippen LogP contribution in [0.5, 0.6) is 0 Å². The molecule has 6 aliphatic rings. The molecule has 6 unspecified atom stereocenters. The summed E-state index contributed by atoms with van der Waals surface area (Å²) in [7, 11) is 5.65. The lowest BCUT2D eigenvalue weighted by atomic mass is 9.99. The fourth-order valence-electron chi connectivity index (χ4n) is 9.76. The molecular formula is C45H65N9O14S2. The summed E-state index contributed by atoms with van der Waals surface area (Å²) in [6.45, 7) is 4.01. The molecule has 0 saturated carbocycles. The Kier molecular flexibility index (Phi) is 19.7. The van der Waals surface area contributed by atoms with E-state index in [9.17, 15) is 57.5 Å². The topological polar surface area (TPSA) is 279 Å². The minimum Gasteiger partial charge on any atom is -0.469 e. The van der Waals surface area contributed by atoms with Gasteiger partial charge in [0.05, 0.1) is 43.8 Å². The van der Waals surface area contributed by atoms with Crippen LogP contribution in [0, 0.1) is 35.5 Å². The fourth-order valence-corrected chi connectivity index (χ4v) is 11.7. The molecule has 0 aromatic heterocycles. The predicted molar refractivity (Wildman–Crippen MR) is 250 cm³/mol. The van der Waals surface area contributed by atoms with Crippen molar-refractivity contribution in [3.8, 4) is 0 Å². The number of carbonyl (C=O) groups excluding carboxylic acids is 12. The average molecular weight is 1020 g/mol. The molecule has 6 heterocycles. The Bertz CT molecular complexity index is 1910. The highest BCUT2D eigenvalue weighted by Crippen LogP contribution is 2.27. The molecule has 9 amide bonds. The number of methoxy groups -OCH3 is 2. The van der Waals surface area contributed by atoms with E-state index in [4.69, 9.17) is 9.47 Å². The molecule has 0 spiro atoms. The lowest BCUT2D eigenvalue weighted by molar-refractivity contribution is -0.145. The molecule has 23 nitrogen and oxygen atoms in total. The molecule has 0 aromatic rings. The number of carbonyl (C=O) groups is 12. The van der Waals surface area contributed by atoms with Crippen LogP contribution in [0.4, 0.5) is 0 Å². The Morgan fingerprint density at radius 2 is 0.714 bits per heavy atom. The minimum absolute atomic E-state index is 0.0318. The van der Waals surface area contributed by atoms with Gasteiger partial charge in [-0.05, 0) is 6.42 Å². The first-order valence-corrected chi connectivity index (χ1v) is 26.5. The Labute approximate surface area is 414 Å². The van der Waals surface area contributed by atoms with Crippen LogP contribution in [0.2, 0.25) is 0 Å². The minimum atomic E-state index is -0.568. The van der Waals surface area contributed by atoms with Gasteiger partial charge in [-0.3, -0.25) is 57.5 Å². The molecule has 6 fully saturated rings. The number of amides is 9. The van der Waals surface area contributed by atoms with Crippen molar-refractivity contribution in [3.05, 3.63) is 0 Å². The van der Waals surface area contributed by atoms with Crippen LogP contribution in [-0.4, -0.2) is 224 Å². The third-order valence-corrected chi connectivity index (χ3v) is 16.2. The van der Waals surface area contributed by atoms with Crippen LogP contribution in [0.25, 0.3) is 0 Å². The maximum atomic E-state index is 12.9. The molecule has 25 heteroatoms. The molecule has 6 atom stereocenters. The summed E-state index contributed by atoms with van der Waals surface area (Å²) in [6.07, 6.45) is 1.11. The van der Waals surface area contributed by atoms with Gasteiger partial charge in [-0.1, -0.05) is 21.6 Å². The first-order chi connectivity index (χ1) is 33.5.